The lowest BCUT2D eigenvalue weighted by molar-refractivity contribution is 0.305. The fourth-order valence-electron chi connectivity index (χ4n) is 1.70. The largest absolute Gasteiger partial charge is 0.486 e. The molecule has 5 nitrogen and oxygen atoms in total. The average molecular weight is 304 g/mol. The minimum Gasteiger partial charge on any atom is -0.486 e. The molecule has 7 heteroatoms. The third kappa shape index (κ3) is 2.78. The fourth-order valence-corrected chi connectivity index (χ4v) is 3.41. The Morgan fingerprint density at radius 2 is 1.95 bits per heavy atom. The number of rotatable bonds is 4. The van der Waals surface area contributed by atoms with Crippen molar-refractivity contribution in [1.29, 1.82) is 0 Å². The molecule has 2 heterocycles. The number of benzene rings is 1. The number of para-hydroxylation sites is 1. The first-order valence-corrected chi connectivity index (χ1v) is 7.59. The molecule has 0 aliphatic heterocycles. The molecule has 20 heavy (non-hydrogen) atoms. The highest BCUT2D eigenvalue weighted by Crippen LogP contribution is 2.33. The van der Waals surface area contributed by atoms with Crippen LogP contribution in [0.5, 0.6) is 5.75 Å². The van der Waals surface area contributed by atoms with Crippen molar-refractivity contribution in [2.45, 2.75) is 13.5 Å². The number of nitrogen functional groups attached to an aromatic ring is 1. The third-order valence-electron chi connectivity index (χ3n) is 2.58. The summed E-state index contributed by atoms with van der Waals surface area (Å²) in [6.45, 7) is 2.40. The monoisotopic (exact) mass is 304 g/mol. The number of aryl methyl sites for hydroxylation is 1. The van der Waals surface area contributed by atoms with Crippen molar-refractivity contribution in [2.75, 3.05) is 5.73 Å². The molecule has 0 saturated carbocycles. The molecule has 0 aliphatic carbocycles. The van der Waals surface area contributed by atoms with Crippen LogP contribution in [-0.4, -0.2) is 15.2 Å². The molecule has 3 aromatic rings. The summed E-state index contributed by atoms with van der Waals surface area (Å²) in [5, 5.41) is 10.1. The van der Waals surface area contributed by atoms with Crippen LogP contribution < -0.4 is 10.5 Å². The number of ether oxygens (including phenoxy) is 1. The van der Waals surface area contributed by atoms with Gasteiger partial charge in [0, 0.05) is 0 Å². The second-order valence-electron chi connectivity index (χ2n) is 4.07. The highest BCUT2D eigenvalue weighted by Gasteiger charge is 2.14. The predicted molar refractivity (Wildman–Crippen MR) is 80.9 cm³/mol. The summed E-state index contributed by atoms with van der Waals surface area (Å²) in [6, 6.07) is 9.69. The Balaban J connectivity index is 1.76. The van der Waals surface area contributed by atoms with Crippen LogP contribution in [0.15, 0.2) is 30.3 Å². The molecule has 0 radical (unpaired) electrons. The Morgan fingerprint density at radius 1 is 1.15 bits per heavy atom. The molecule has 0 atom stereocenters. The Bertz CT molecular complexity index is 708. The van der Waals surface area contributed by atoms with Gasteiger partial charge in [-0.2, -0.15) is 0 Å². The summed E-state index contributed by atoms with van der Waals surface area (Å²) in [7, 11) is 0. The summed E-state index contributed by atoms with van der Waals surface area (Å²) in [5.41, 5.74) is 6.54. The Morgan fingerprint density at radius 3 is 2.65 bits per heavy atom. The van der Waals surface area contributed by atoms with Crippen molar-refractivity contribution in [2.24, 2.45) is 0 Å². The molecule has 0 spiro atoms. The van der Waals surface area contributed by atoms with Crippen molar-refractivity contribution >= 4 is 27.8 Å². The SMILES string of the molecule is Cc1nc(COc2ccccc2)sc1-c1nnc(N)s1. The second kappa shape index (κ2) is 5.56. The van der Waals surface area contributed by atoms with Crippen molar-refractivity contribution < 1.29 is 4.74 Å². The zero-order chi connectivity index (χ0) is 13.9. The van der Waals surface area contributed by atoms with E-state index in [1.165, 1.54) is 11.3 Å². The number of hydrogen-bond acceptors (Lipinski definition) is 7. The molecule has 0 unspecified atom stereocenters. The first kappa shape index (κ1) is 13.0. The zero-order valence-electron chi connectivity index (χ0n) is 10.7. The molecular weight excluding hydrogens is 292 g/mol. The van der Waals surface area contributed by atoms with Gasteiger partial charge in [0.25, 0.3) is 0 Å². The third-order valence-corrected chi connectivity index (χ3v) is 4.62. The highest BCUT2D eigenvalue weighted by atomic mass is 32.1. The summed E-state index contributed by atoms with van der Waals surface area (Å²) in [4.78, 5) is 5.51. The Kier molecular flexibility index (Phi) is 3.62. The predicted octanol–water partition coefficient (Wildman–Crippen LogP) is 3.13. The smallest absolute Gasteiger partial charge is 0.203 e. The van der Waals surface area contributed by atoms with Crippen LogP contribution in [-0.2, 0) is 6.61 Å². The molecule has 102 valence electrons. The minimum absolute atomic E-state index is 0.448. The van der Waals surface area contributed by atoms with E-state index in [9.17, 15) is 0 Å². The van der Waals surface area contributed by atoms with E-state index in [1.807, 2.05) is 37.3 Å². The molecule has 0 fully saturated rings. The van der Waals surface area contributed by atoms with Gasteiger partial charge in [-0.15, -0.1) is 21.5 Å². The van der Waals surface area contributed by atoms with E-state index in [-0.39, 0.29) is 0 Å². The standard InChI is InChI=1S/C13H12N4OS2/c1-8-11(12-16-17-13(14)20-12)19-10(15-8)7-18-9-5-3-2-4-6-9/h2-6H,7H2,1H3,(H2,14,17). The van der Waals surface area contributed by atoms with E-state index in [0.29, 0.717) is 11.7 Å². The fraction of sp³-hybridized carbons (Fsp3) is 0.154. The highest BCUT2D eigenvalue weighted by molar-refractivity contribution is 7.23. The van der Waals surface area contributed by atoms with E-state index in [1.54, 1.807) is 11.3 Å². The van der Waals surface area contributed by atoms with Crippen molar-refractivity contribution in [1.82, 2.24) is 15.2 Å². The van der Waals surface area contributed by atoms with Gasteiger partial charge in [0.2, 0.25) is 5.13 Å². The molecule has 0 aliphatic rings. The molecule has 1 aromatic carbocycles. The topological polar surface area (TPSA) is 73.9 Å². The van der Waals surface area contributed by atoms with Crippen molar-refractivity contribution in [3.05, 3.63) is 41.0 Å². The van der Waals surface area contributed by atoms with E-state index < -0.39 is 0 Å². The normalized spacial score (nSPS) is 10.7. The number of anilines is 1. The lowest BCUT2D eigenvalue weighted by Crippen LogP contribution is -1.94. The average Bonchev–Trinajstić information content (AvgIpc) is 3.04. The maximum Gasteiger partial charge on any atom is 0.203 e. The number of nitrogens with zero attached hydrogens (tertiary/aromatic N) is 3. The summed E-state index contributed by atoms with van der Waals surface area (Å²) < 4.78 is 5.69. The molecule has 0 amide bonds. The van der Waals surface area contributed by atoms with Gasteiger partial charge in [-0.1, -0.05) is 29.5 Å². The second-order valence-corrected chi connectivity index (χ2v) is 6.16. The molecule has 3 rings (SSSR count). The quantitative estimate of drug-likeness (QED) is 0.801. The Labute approximate surface area is 124 Å². The lowest BCUT2D eigenvalue weighted by Gasteiger charge is -2.02. The Hall–Kier alpha value is -1.99. The first-order valence-electron chi connectivity index (χ1n) is 5.96. The van der Waals surface area contributed by atoms with Crippen LogP contribution in [0, 0.1) is 6.92 Å². The van der Waals surface area contributed by atoms with Gasteiger partial charge < -0.3 is 10.5 Å². The van der Waals surface area contributed by atoms with E-state index in [4.69, 9.17) is 10.5 Å². The van der Waals surface area contributed by atoms with Gasteiger partial charge in [-0.3, -0.25) is 0 Å². The van der Waals surface area contributed by atoms with Crippen LogP contribution in [0.3, 0.4) is 0 Å². The molecular formula is C13H12N4OS2. The molecule has 0 bridgehead atoms. The van der Waals surface area contributed by atoms with Crippen LogP contribution >= 0.6 is 22.7 Å². The maximum atomic E-state index is 5.69. The van der Waals surface area contributed by atoms with Crippen LogP contribution in [0.1, 0.15) is 10.7 Å². The molecule has 0 saturated heterocycles. The van der Waals surface area contributed by atoms with Crippen LogP contribution in [0.4, 0.5) is 5.13 Å². The molecule has 2 aromatic heterocycles. The van der Waals surface area contributed by atoms with Gasteiger partial charge in [0.1, 0.15) is 17.4 Å². The van der Waals surface area contributed by atoms with Crippen LogP contribution in [0.25, 0.3) is 9.88 Å². The van der Waals surface area contributed by atoms with Crippen molar-refractivity contribution in [3.8, 4) is 15.6 Å². The molecule has 2 N–H and O–H groups in total. The number of hydrogen-bond donors (Lipinski definition) is 1. The van der Waals surface area contributed by atoms with Gasteiger partial charge in [0.15, 0.2) is 5.01 Å². The number of aromatic nitrogens is 3. The van der Waals surface area contributed by atoms with Gasteiger partial charge >= 0.3 is 0 Å². The first-order chi connectivity index (χ1) is 9.72. The van der Waals surface area contributed by atoms with Gasteiger partial charge in [-0.25, -0.2) is 4.98 Å². The summed E-state index contributed by atoms with van der Waals surface area (Å²) >= 11 is 2.93. The maximum absolute atomic E-state index is 5.69. The number of nitrogens with two attached hydrogens (primary N) is 1. The number of thiazole rings is 1. The van der Waals surface area contributed by atoms with Gasteiger partial charge in [0.05, 0.1) is 10.6 Å². The summed E-state index contributed by atoms with van der Waals surface area (Å²) in [6.07, 6.45) is 0. The van der Waals surface area contributed by atoms with Crippen molar-refractivity contribution in [3.63, 3.8) is 0 Å². The van der Waals surface area contributed by atoms with E-state index >= 15 is 0 Å². The zero-order valence-corrected chi connectivity index (χ0v) is 12.4. The minimum atomic E-state index is 0.448. The van der Waals surface area contributed by atoms with E-state index in [2.05, 4.69) is 15.2 Å². The lowest BCUT2D eigenvalue weighted by atomic mass is 10.3. The summed E-state index contributed by atoms with van der Waals surface area (Å²) in [5.74, 6) is 0.835. The van der Waals surface area contributed by atoms with Crippen LogP contribution in [0.2, 0.25) is 0 Å². The van der Waals surface area contributed by atoms with E-state index in [0.717, 1.165) is 26.3 Å². The van der Waals surface area contributed by atoms with Gasteiger partial charge in [-0.05, 0) is 19.1 Å².